The Labute approximate surface area is 133 Å². The summed E-state index contributed by atoms with van der Waals surface area (Å²) >= 11 is 3.16. The van der Waals surface area contributed by atoms with Crippen LogP contribution in [0.15, 0.2) is 22.7 Å². The monoisotopic (exact) mass is 356 g/mol. The van der Waals surface area contributed by atoms with Crippen LogP contribution in [0.3, 0.4) is 0 Å². The van der Waals surface area contributed by atoms with Gasteiger partial charge in [0.25, 0.3) is 0 Å². The highest BCUT2D eigenvalue weighted by molar-refractivity contribution is 9.10. The Balaban J connectivity index is 2.55. The summed E-state index contributed by atoms with van der Waals surface area (Å²) in [5, 5.41) is 14.5. The Hall–Kier alpha value is -1.56. The Morgan fingerprint density at radius 1 is 1.33 bits per heavy atom. The second-order valence-electron chi connectivity index (χ2n) is 5.00. The summed E-state index contributed by atoms with van der Waals surface area (Å²) in [6, 6.07) is 4.44. The molecule has 0 aromatic heterocycles. The molecule has 0 bridgehead atoms. The van der Waals surface area contributed by atoms with Gasteiger partial charge in [-0.3, -0.25) is 0 Å². The van der Waals surface area contributed by atoms with Crippen molar-refractivity contribution in [2.24, 2.45) is 0 Å². The van der Waals surface area contributed by atoms with Gasteiger partial charge in [0.05, 0.1) is 5.56 Å². The zero-order chi connectivity index (χ0) is 15.8. The van der Waals surface area contributed by atoms with Crippen molar-refractivity contribution in [3.05, 3.63) is 28.2 Å². The summed E-state index contributed by atoms with van der Waals surface area (Å²) in [6.45, 7) is 4.10. The number of hydrogen-bond donors (Lipinski definition) is 3. The van der Waals surface area contributed by atoms with Gasteiger partial charge in [-0.1, -0.05) is 26.2 Å². The van der Waals surface area contributed by atoms with Crippen LogP contribution in [0.5, 0.6) is 0 Å². The minimum atomic E-state index is -1.04. The van der Waals surface area contributed by atoms with Crippen LogP contribution in [0.4, 0.5) is 10.5 Å². The average Bonchev–Trinajstić information content (AvgIpc) is 2.40. The third-order valence-electron chi connectivity index (χ3n) is 3.07. The largest absolute Gasteiger partial charge is 0.478 e. The fourth-order valence-corrected chi connectivity index (χ4v) is 2.35. The summed E-state index contributed by atoms with van der Waals surface area (Å²) < 4.78 is 0.480. The highest BCUT2D eigenvalue weighted by Gasteiger charge is 2.11. The number of carboxylic acids is 1. The zero-order valence-electron chi connectivity index (χ0n) is 12.3. The van der Waals surface area contributed by atoms with Crippen LogP contribution in [0.2, 0.25) is 0 Å². The van der Waals surface area contributed by atoms with Gasteiger partial charge in [0.15, 0.2) is 0 Å². The number of anilines is 1. The molecule has 21 heavy (non-hydrogen) atoms. The molecule has 116 valence electrons. The number of urea groups is 1. The molecule has 1 aromatic rings. The first-order chi connectivity index (χ1) is 9.93. The highest BCUT2D eigenvalue weighted by Crippen LogP contribution is 2.21. The van der Waals surface area contributed by atoms with E-state index in [1.807, 2.05) is 6.92 Å². The van der Waals surface area contributed by atoms with Crippen LogP contribution in [0.1, 0.15) is 49.9 Å². The van der Waals surface area contributed by atoms with E-state index < -0.39 is 5.97 Å². The van der Waals surface area contributed by atoms with E-state index in [4.69, 9.17) is 5.11 Å². The maximum Gasteiger partial charge on any atom is 0.336 e. The van der Waals surface area contributed by atoms with E-state index in [0.717, 1.165) is 25.7 Å². The Morgan fingerprint density at radius 3 is 2.67 bits per heavy atom. The first-order valence-electron chi connectivity index (χ1n) is 7.04. The van der Waals surface area contributed by atoms with E-state index in [1.54, 1.807) is 12.1 Å². The van der Waals surface area contributed by atoms with E-state index in [9.17, 15) is 9.59 Å². The molecule has 0 aliphatic heterocycles. The number of aromatic carboxylic acids is 1. The van der Waals surface area contributed by atoms with Gasteiger partial charge in [-0.15, -0.1) is 0 Å². The smallest absolute Gasteiger partial charge is 0.336 e. The topological polar surface area (TPSA) is 78.4 Å². The first-order valence-corrected chi connectivity index (χ1v) is 7.83. The fraction of sp³-hybridized carbons (Fsp3) is 0.467. The number of carboxylic acid groups (broad SMARTS) is 1. The predicted molar refractivity (Wildman–Crippen MR) is 86.9 cm³/mol. The van der Waals surface area contributed by atoms with Gasteiger partial charge < -0.3 is 15.7 Å². The molecule has 0 fully saturated rings. The van der Waals surface area contributed by atoms with Gasteiger partial charge in [-0.2, -0.15) is 0 Å². The maximum absolute atomic E-state index is 11.8. The Morgan fingerprint density at radius 2 is 2.05 bits per heavy atom. The molecule has 1 unspecified atom stereocenters. The number of carbonyl (C=O) groups is 2. The molecule has 3 N–H and O–H groups in total. The van der Waals surface area contributed by atoms with Gasteiger partial charge in [0.2, 0.25) is 0 Å². The van der Waals surface area contributed by atoms with Crippen molar-refractivity contribution in [1.29, 1.82) is 0 Å². The minimum absolute atomic E-state index is 0.0888. The van der Waals surface area contributed by atoms with Gasteiger partial charge in [-0.05, 0) is 47.5 Å². The fourth-order valence-electron chi connectivity index (χ4n) is 1.93. The van der Waals surface area contributed by atoms with Crippen LogP contribution >= 0.6 is 15.9 Å². The quantitative estimate of drug-likeness (QED) is 0.639. The molecule has 1 atom stereocenters. The lowest BCUT2D eigenvalue weighted by atomic mass is 10.1. The summed E-state index contributed by atoms with van der Waals surface area (Å²) in [5.74, 6) is -1.04. The van der Waals surface area contributed by atoms with Crippen molar-refractivity contribution in [3.63, 3.8) is 0 Å². The number of unbranched alkanes of at least 4 members (excludes halogenated alkanes) is 2. The van der Waals surface area contributed by atoms with Crippen LogP contribution in [0.25, 0.3) is 0 Å². The molecular formula is C15H21BrN2O3. The number of carbonyl (C=O) groups excluding carboxylic acids is 1. The lowest BCUT2D eigenvalue weighted by Crippen LogP contribution is -2.36. The zero-order valence-corrected chi connectivity index (χ0v) is 13.9. The van der Waals surface area contributed by atoms with E-state index in [-0.39, 0.29) is 17.6 Å². The number of amides is 2. The van der Waals surface area contributed by atoms with Gasteiger partial charge >= 0.3 is 12.0 Å². The number of hydrogen-bond acceptors (Lipinski definition) is 2. The molecule has 0 saturated heterocycles. The Kier molecular flexibility index (Phi) is 7.22. The lowest BCUT2D eigenvalue weighted by Gasteiger charge is -2.14. The van der Waals surface area contributed by atoms with Crippen molar-refractivity contribution < 1.29 is 14.7 Å². The third-order valence-corrected chi connectivity index (χ3v) is 3.76. The number of nitrogens with one attached hydrogen (secondary N) is 2. The van der Waals surface area contributed by atoms with Crippen molar-refractivity contribution in [3.8, 4) is 0 Å². The molecule has 1 aromatic carbocycles. The molecule has 6 heteroatoms. The molecule has 0 spiro atoms. The van der Waals surface area contributed by atoms with Crippen LogP contribution < -0.4 is 10.6 Å². The molecule has 0 saturated carbocycles. The molecule has 0 radical (unpaired) electrons. The molecule has 1 rings (SSSR count). The van der Waals surface area contributed by atoms with E-state index in [0.29, 0.717) is 10.2 Å². The summed E-state index contributed by atoms with van der Waals surface area (Å²) in [6.07, 6.45) is 4.32. The minimum Gasteiger partial charge on any atom is -0.478 e. The van der Waals surface area contributed by atoms with E-state index >= 15 is 0 Å². The van der Waals surface area contributed by atoms with Crippen molar-refractivity contribution >= 4 is 33.6 Å². The molecular weight excluding hydrogens is 336 g/mol. The standard InChI is InChI=1S/C15H21BrN2O3/c1-3-4-5-6-10(2)17-15(21)18-11-7-8-13(16)12(9-11)14(19)20/h7-10H,3-6H2,1-2H3,(H,19,20)(H2,17,18,21). The number of benzene rings is 1. The van der Waals surface area contributed by atoms with Gasteiger partial charge in [0.1, 0.15) is 0 Å². The summed E-state index contributed by atoms with van der Waals surface area (Å²) in [7, 11) is 0. The normalized spacial score (nSPS) is 11.8. The summed E-state index contributed by atoms with van der Waals surface area (Å²) in [4.78, 5) is 22.9. The van der Waals surface area contributed by atoms with Gasteiger partial charge in [0, 0.05) is 16.2 Å². The second kappa shape index (κ2) is 8.67. The van der Waals surface area contributed by atoms with Gasteiger partial charge in [-0.25, -0.2) is 9.59 Å². The van der Waals surface area contributed by atoms with Crippen LogP contribution in [0, 0.1) is 0 Å². The Bertz CT molecular complexity index is 506. The van der Waals surface area contributed by atoms with E-state index in [2.05, 4.69) is 33.5 Å². The maximum atomic E-state index is 11.8. The SMILES string of the molecule is CCCCCC(C)NC(=O)Nc1ccc(Br)c(C(=O)O)c1. The molecule has 0 aliphatic carbocycles. The van der Waals surface area contributed by atoms with Crippen molar-refractivity contribution in [2.75, 3.05) is 5.32 Å². The van der Waals surface area contributed by atoms with Crippen molar-refractivity contribution in [2.45, 2.75) is 45.6 Å². The van der Waals surface area contributed by atoms with Crippen molar-refractivity contribution in [1.82, 2.24) is 5.32 Å². The predicted octanol–water partition coefficient (Wildman–Crippen LogP) is 4.24. The molecule has 5 nitrogen and oxygen atoms in total. The lowest BCUT2D eigenvalue weighted by molar-refractivity contribution is 0.0696. The van der Waals surface area contributed by atoms with Crippen LogP contribution in [-0.2, 0) is 0 Å². The molecule has 0 aliphatic rings. The average molecular weight is 357 g/mol. The summed E-state index contributed by atoms with van der Waals surface area (Å²) in [5.41, 5.74) is 0.567. The number of rotatable bonds is 7. The second-order valence-corrected chi connectivity index (χ2v) is 5.85. The first kappa shape index (κ1) is 17.5. The molecule has 0 heterocycles. The van der Waals surface area contributed by atoms with E-state index in [1.165, 1.54) is 6.07 Å². The highest BCUT2D eigenvalue weighted by atomic mass is 79.9. The van der Waals surface area contributed by atoms with Crippen LogP contribution in [-0.4, -0.2) is 23.1 Å². The molecule has 2 amide bonds. The third kappa shape index (κ3) is 6.16. The number of halogens is 1.